The molecule has 2 rings (SSSR count). The maximum Gasteiger partial charge on any atom is 0.233 e. The Bertz CT molecular complexity index is 644. The van der Waals surface area contributed by atoms with Crippen molar-refractivity contribution in [3.63, 3.8) is 0 Å². The molecule has 0 radical (unpaired) electrons. The molecule has 0 bridgehead atoms. The van der Waals surface area contributed by atoms with E-state index in [1.54, 1.807) is 0 Å². The molecule has 1 atom stereocenters. The molecule has 0 amide bonds. The van der Waals surface area contributed by atoms with Crippen molar-refractivity contribution in [3.05, 3.63) is 69.8 Å². The summed E-state index contributed by atoms with van der Waals surface area (Å²) in [5, 5.41) is -0.332. The lowest BCUT2D eigenvalue weighted by atomic mass is 9.85. The zero-order valence-electron chi connectivity index (χ0n) is 12.3. The summed E-state index contributed by atoms with van der Waals surface area (Å²) in [5.74, 6) is -0.393. The van der Waals surface area contributed by atoms with Gasteiger partial charge < -0.3 is 0 Å². The average Bonchev–Trinajstić information content (AvgIpc) is 2.43. The smallest absolute Gasteiger partial charge is 0.233 e. The van der Waals surface area contributed by atoms with Crippen molar-refractivity contribution in [2.75, 3.05) is 0 Å². The number of carbonyl (C=O) groups is 1. The molecule has 1 unspecified atom stereocenters. The first-order chi connectivity index (χ1) is 9.43. The minimum Gasteiger partial charge on any atom is -0.280 e. The molecule has 2 aromatic carbocycles. The van der Waals surface area contributed by atoms with Gasteiger partial charge in [-0.05, 0) is 72.7 Å². The maximum absolute atomic E-state index is 12.0. The second-order valence-corrected chi connectivity index (χ2v) is 5.68. The molecule has 0 aliphatic rings. The van der Waals surface area contributed by atoms with Crippen molar-refractivity contribution < 1.29 is 4.79 Å². The van der Waals surface area contributed by atoms with Gasteiger partial charge in [0.2, 0.25) is 5.24 Å². The van der Waals surface area contributed by atoms with E-state index in [1.807, 2.05) is 30.3 Å². The van der Waals surface area contributed by atoms with Crippen molar-refractivity contribution in [3.8, 4) is 0 Å². The molecule has 0 spiro atoms. The Morgan fingerprint density at radius 3 is 2.10 bits per heavy atom. The van der Waals surface area contributed by atoms with Gasteiger partial charge in [-0.25, -0.2) is 0 Å². The van der Waals surface area contributed by atoms with E-state index in [1.165, 1.54) is 16.7 Å². The summed E-state index contributed by atoms with van der Waals surface area (Å²) >= 11 is 5.89. The standard InChI is InChI=1S/C18H19ClO/c1-11-10-16(14(4)13(3)12(11)2)17(18(19)20)15-8-6-5-7-9-15/h5-10,17H,1-4H3. The van der Waals surface area contributed by atoms with Crippen LogP contribution in [0.5, 0.6) is 0 Å². The van der Waals surface area contributed by atoms with Crippen molar-refractivity contribution in [1.82, 2.24) is 0 Å². The molecule has 0 aliphatic heterocycles. The molecular weight excluding hydrogens is 268 g/mol. The summed E-state index contributed by atoms with van der Waals surface area (Å²) in [6, 6.07) is 11.8. The molecular formula is C18H19ClO. The lowest BCUT2D eigenvalue weighted by molar-refractivity contribution is -0.112. The molecule has 0 N–H and O–H groups in total. The quantitative estimate of drug-likeness (QED) is 0.740. The largest absolute Gasteiger partial charge is 0.280 e. The van der Waals surface area contributed by atoms with E-state index in [0.29, 0.717) is 0 Å². The Hall–Kier alpha value is -1.60. The van der Waals surface area contributed by atoms with Crippen molar-refractivity contribution in [1.29, 1.82) is 0 Å². The van der Waals surface area contributed by atoms with Gasteiger partial charge in [0.25, 0.3) is 0 Å². The lowest BCUT2D eigenvalue weighted by Crippen LogP contribution is -2.12. The van der Waals surface area contributed by atoms with E-state index in [4.69, 9.17) is 11.6 Å². The highest BCUT2D eigenvalue weighted by Crippen LogP contribution is 2.33. The van der Waals surface area contributed by atoms with Gasteiger partial charge in [0.1, 0.15) is 0 Å². The first kappa shape index (κ1) is 14.8. The SMILES string of the molecule is Cc1cc(C(C(=O)Cl)c2ccccc2)c(C)c(C)c1C. The van der Waals surface area contributed by atoms with Gasteiger partial charge in [-0.1, -0.05) is 36.4 Å². The Kier molecular flexibility index (Phi) is 4.29. The molecule has 0 heterocycles. The third-order valence-corrected chi connectivity index (χ3v) is 4.41. The predicted molar refractivity (Wildman–Crippen MR) is 84.5 cm³/mol. The molecule has 0 aromatic heterocycles. The number of hydrogen-bond donors (Lipinski definition) is 0. The number of halogens is 1. The fourth-order valence-electron chi connectivity index (χ4n) is 2.62. The van der Waals surface area contributed by atoms with Gasteiger partial charge >= 0.3 is 0 Å². The normalized spacial score (nSPS) is 12.2. The average molecular weight is 287 g/mol. The zero-order valence-corrected chi connectivity index (χ0v) is 13.1. The second-order valence-electron chi connectivity index (χ2n) is 5.31. The highest BCUT2D eigenvalue weighted by molar-refractivity contribution is 6.65. The fraction of sp³-hybridized carbons (Fsp3) is 0.278. The minimum atomic E-state index is -0.393. The summed E-state index contributed by atoms with van der Waals surface area (Å²) in [4.78, 5) is 12.0. The molecule has 20 heavy (non-hydrogen) atoms. The Morgan fingerprint density at radius 1 is 0.950 bits per heavy atom. The topological polar surface area (TPSA) is 17.1 Å². The number of rotatable bonds is 3. The maximum atomic E-state index is 12.0. The fourth-order valence-corrected chi connectivity index (χ4v) is 2.86. The van der Waals surface area contributed by atoms with E-state index < -0.39 is 5.92 Å². The molecule has 0 fully saturated rings. The van der Waals surface area contributed by atoms with Crippen molar-refractivity contribution in [2.24, 2.45) is 0 Å². The van der Waals surface area contributed by atoms with Crippen LogP contribution in [-0.4, -0.2) is 5.24 Å². The summed E-state index contributed by atoms with van der Waals surface area (Å²) in [5.41, 5.74) is 6.81. The minimum absolute atomic E-state index is 0.332. The Balaban J connectivity index is 2.66. The molecule has 1 nitrogen and oxygen atoms in total. The monoisotopic (exact) mass is 286 g/mol. The lowest BCUT2D eigenvalue weighted by Gasteiger charge is -2.20. The Morgan fingerprint density at radius 2 is 1.55 bits per heavy atom. The van der Waals surface area contributed by atoms with Crippen LogP contribution >= 0.6 is 11.6 Å². The first-order valence-electron chi connectivity index (χ1n) is 6.75. The summed E-state index contributed by atoms with van der Waals surface area (Å²) in [7, 11) is 0. The number of hydrogen-bond acceptors (Lipinski definition) is 1. The molecule has 0 saturated heterocycles. The van der Waals surface area contributed by atoms with E-state index in [-0.39, 0.29) is 5.24 Å². The van der Waals surface area contributed by atoms with Crippen LogP contribution in [0.25, 0.3) is 0 Å². The molecule has 2 aromatic rings. The molecule has 104 valence electrons. The van der Waals surface area contributed by atoms with E-state index in [0.717, 1.165) is 16.7 Å². The number of carbonyl (C=O) groups excluding carboxylic acids is 1. The molecule has 0 saturated carbocycles. The summed E-state index contributed by atoms with van der Waals surface area (Å²) in [6.45, 7) is 8.35. The van der Waals surface area contributed by atoms with Crippen molar-refractivity contribution in [2.45, 2.75) is 33.6 Å². The highest BCUT2D eigenvalue weighted by Gasteiger charge is 2.24. The summed E-state index contributed by atoms with van der Waals surface area (Å²) < 4.78 is 0. The van der Waals surface area contributed by atoms with E-state index in [9.17, 15) is 4.79 Å². The van der Waals surface area contributed by atoms with Crippen LogP contribution in [0.4, 0.5) is 0 Å². The first-order valence-corrected chi connectivity index (χ1v) is 7.13. The number of benzene rings is 2. The van der Waals surface area contributed by atoms with Crippen LogP contribution in [0.2, 0.25) is 0 Å². The van der Waals surface area contributed by atoms with Gasteiger partial charge in [0.15, 0.2) is 0 Å². The van der Waals surface area contributed by atoms with Crippen LogP contribution in [-0.2, 0) is 4.79 Å². The van der Waals surface area contributed by atoms with Gasteiger partial charge in [-0.3, -0.25) is 4.79 Å². The zero-order chi connectivity index (χ0) is 14.9. The van der Waals surface area contributed by atoms with Crippen LogP contribution in [0.1, 0.15) is 39.3 Å². The van der Waals surface area contributed by atoms with Gasteiger partial charge in [0, 0.05) is 0 Å². The molecule has 2 heteroatoms. The second kappa shape index (κ2) is 5.80. The third kappa shape index (κ3) is 2.64. The van der Waals surface area contributed by atoms with Crippen LogP contribution < -0.4 is 0 Å². The summed E-state index contributed by atoms with van der Waals surface area (Å²) in [6.07, 6.45) is 0. The number of aryl methyl sites for hydroxylation is 1. The van der Waals surface area contributed by atoms with Crippen molar-refractivity contribution >= 4 is 16.8 Å². The highest BCUT2D eigenvalue weighted by atomic mass is 35.5. The van der Waals surface area contributed by atoms with Gasteiger partial charge in [-0.15, -0.1) is 0 Å². The van der Waals surface area contributed by atoms with Crippen LogP contribution in [0.15, 0.2) is 36.4 Å². The predicted octanol–water partition coefficient (Wildman–Crippen LogP) is 4.82. The third-order valence-electron chi connectivity index (χ3n) is 4.19. The van der Waals surface area contributed by atoms with Crippen LogP contribution in [0.3, 0.4) is 0 Å². The van der Waals surface area contributed by atoms with Crippen LogP contribution in [0, 0.1) is 27.7 Å². The molecule has 0 aliphatic carbocycles. The van der Waals surface area contributed by atoms with Gasteiger partial charge in [-0.2, -0.15) is 0 Å². The van der Waals surface area contributed by atoms with E-state index in [2.05, 4.69) is 33.8 Å². The van der Waals surface area contributed by atoms with Gasteiger partial charge in [0.05, 0.1) is 5.92 Å². The van der Waals surface area contributed by atoms with E-state index >= 15 is 0 Å². The Labute approximate surface area is 125 Å².